The summed E-state index contributed by atoms with van der Waals surface area (Å²) in [5.41, 5.74) is 7.88. The molecule has 0 aliphatic carbocycles. The van der Waals surface area contributed by atoms with Crippen LogP contribution < -0.4 is 5.73 Å². The fourth-order valence-corrected chi connectivity index (χ4v) is 1.63. The number of anilines is 1. The predicted octanol–water partition coefficient (Wildman–Crippen LogP) is 2.54. The summed E-state index contributed by atoms with van der Waals surface area (Å²) >= 11 is 0. The Hall–Kier alpha value is -1.51. The molecule has 0 fully saturated rings. The summed E-state index contributed by atoms with van der Waals surface area (Å²) in [4.78, 5) is 10.9. The quantitative estimate of drug-likeness (QED) is 0.456. The molecule has 0 spiro atoms. The number of carbonyl (C=O) groups is 1. The van der Waals surface area contributed by atoms with Crippen LogP contribution in [0, 0.1) is 0 Å². The van der Waals surface area contributed by atoms with Gasteiger partial charge in [0, 0.05) is 12.1 Å². The van der Waals surface area contributed by atoms with E-state index in [9.17, 15) is 4.79 Å². The van der Waals surface area contributed by atoms with E-state index < -0.39 is 0 Å². The van der Waals surface area contributed by atoms with E-state index in [-0.39, 0.29) is 5.97 Å². The molecule has 16 heavy (non-hydrogen) atoms. The number of methoxy groups -OCH3 is 1. The third kappa shape index (κ3) is 4.34. The van der Waals surface area contributed by atoms with Gasteiger partial charge in [-0.05, 0) is 30.9 Å². The van der Waals surface area contributed by atoms with E-state index in [1.165, 1.54) is 12.7 Å². The second kappa shape index (κ2) is 6.88. The molecule has 1 aromatic carbocycles. The van der Waals surface area contributed by atoms with Crippen molar-refractivity contribution in [1.29, 1.82) is 0 Å². The van der Waals surface area contributed by atoms with Gasteiger partial charge in [-0.3, -0.25) is 4.79 Å². The molecule has 0 aliphatic rings. The van der Waals surface area contributed by atoms with Crippen molar-refractivity contribution in [3.8, 4) is 0 Å². The van der Waals surface area contributed by atoms with E-state index in [2.05, 4.69) is 10.8 Å². The molecule has 0 atom stereocenters. The summed E-state index contributed by atoms with van der Waals surface area (Å²) in [5, 5.41) is 0. The Morgan fingerprint density at radius 2 is 2.00 bits per heavy atom. The number of aryl methyl sites for hydroxylation is 1. The summed E-state index contributed by atoms with van der Waals surface area (Å²) in [5.74, 6) is -0.126. The number of benzene rings is 1. The van der Waals surface area contributed by atoms with Crippen LogP contribution >= 0.6 is 0 Å². The Bertz CT molecular complexity index is 336. The highest BCUT2D eigenvalue weighted by Gasteiger charge is 2.00. The van der Waals surface area contributed by atoms with Gasteiger partial charge in [-0.15, -0.1) is 0 Å². The molecule has 0 heterocycles. The zero-order valence-corrected chi connectivity index (χ0v) is 9.74. The topological polar surface area (TPSA) is 52.3 Å². The molecule has 0 saturated carbocycles. The first-order valence-electron chi connectivity index (χ1n) is 5.64. The Balaban J connectivity index is 2.17. The van der Waals surface area contributed by atoms with E-state index in [1.807, 2.05) is 18.2 Å². The molecule has 0 aromatic heterocycles. The van der Waals surface area contributed by atoms with Crippen molar-refractivity contribution in [3.63, 3.8) is 0 Å². The zero-order chi connectivity index (χ0) is 11.8. The normalized spacial score (nSPS) is 10.1. The van der Waals surface area contributed by atoms with Crippen molar-refractivity contribution in [2.45, 2.75) is 32.1 Å². The first-order chi connectivity index (χ1) is 7.74. The average molecular weight is 221 g/mol. The van der Waals surface area contributed by atoms with Crippen LogP contribution in [0.3, 0.4) is 0 Å². The first kappa shape index (κ1) is 12.6. The first-order valence-corrected chi connectivity index (χ1v) is 5.64. The lowest BCUT2D eigenvalue weighted by atomic mass is 10.0. The van der Waals surface area contributed by atoms with Crippen LogP contribution in [0.1, 0.15) is 31.2 Å². The Morgan fingerprint density at radius 1 is 1.25 bits per heavy atom. The van der Waals surface area contributed by atoms with Gasteiger partial charge in [-0.2, -0.15) is 0 Å². The molecule has 0 aliphatic heterocycles. The maximum Gasteiger partial charge on any atom is 0.305 e. The molecule has 1 rings (SSSR count). The highest BCUT2D eigenvalue weighted by Crippen LogP contribution is 2.14. The monoisotopic (exact) mass is 221 g/mol. The van der Waals surface area contributed by atoms with Gasteiger partial charge >= 0.3 is 5.97 Å². The second-order valence-electron chi connectivity index (χ2n) is 3.84. The highest BCUT2D eigenvalue weighted by molar-refractivity contribution is 5.68. The average Bonchev–Trinajstić information content (AvgIpc) is 2.30. The van der Waals surface area contributed by atoms with Crippen molar-refractivity contribution in [1.82, 2.24) is 0 Å². The number of para-hydroxylation sites is 1. The largest absolute Gasteiger partial charge is 0.469 e. The van der Waals surface area contributed by atoms with Crippen LogP contribution in [0.25, 0.3) is 0 Å². The van der Waals surface area contributed by atoms with E-state index >= 15 is 0 Å². The molecule has 1 aromatic rings. The van der Waals surface area contributed by atoms with Crippen LogP contribution in [0.2, 0.25) is 0 Å². The van der Waals surface area contributed by atoms with Crippen molar-refractivity contribution in [2.24, 2.45) is 0 Å². The summed E-state index contributed by atoms with van der Waals surface area (Å²) in [7, 11) is 1.42. The van der Waals surface area contributed by atoms with Crippen LogP contribution in [-0.4, -0.2) is 13.1 Å². The fraction of sp³-hybridized carbons (Fsp3) is 0.462. The standard InChI is InChI=1S/C13H19NO2/c1-16-13(15)10-4-2-3-7-11-8-5-6-9-12(11)14/h5-6,8-9H,2-4,7,10,14H2,1H3. The molecule has 0 unspecified atom stereocenters. The Morgan fingerprint density at radius 3 is 2.69 bits per heavy atom. The maximum absolute atomic E-state index is 10.9. The number of esters is 1. The minimum Gasteiger partial charge on any atom is -0.469 e. The van der Waals surface area contributed by atoms with Crippen molar-refractivity contribution >= 4 is 11.7 Å². The highest BCUT2D eigenvalue weighted by atomic mass is 16.5. The lowest BCUT2D eigenvalue weighted by Crippen LogP contribution is -1.99. The smallest absolute Gasteiger partial charge is 0.305 e. The number of hydrogen-bond donors (Lipinski definition) is 1. The number of hydrogen-bond acceptors (Lipinski definition) is 3. The van der Waals surface area contributed by atoms with Crippen molar-refractivity contribution in [2.75, 3.05) is 12.8 Å². The number of carbonyl (C=O) groups excluding carboxylic acids is 1. The summed E-state index contributed by atoms with van der Waals surface area (Å²) < 4.78 is 4.58. The minimum atomic E-state index is -0.126. The number of rotatable bonds is 6. The molecular formula is C13H19NO2. The summed E-state index contributed by atoms with van der Waals surface area (Å²) in [6, 6.07) is 7.91. The molecular weight excluding hydrogens is 202 g/mol. The second-order valence-corrected chi connectivity index (χ2v) is 3.84. The van der Waals surface area contributed by atoms with Crippen molar-refractivity contribution in [3.05, 3.63) is 29.8 Å². The van der Waals surface area contributed by atoms with E-state index in [4.69, 9.17) is 5.73 Å². The molecule has 0 bridgehead atoms. The van der Waals surface area contributed by atoms with Gasteiger partial charge in [0.25, 0.3) is 0 Å². The zero-order valence-electron chi connectivity index (χ0n) is 9.74. The molecule has 0 saturated heterocycles. The van der Waals surface area contributed by atoms with Crippen LogP contribution in [-0.2, 0) is 16.0 Å². The van der Waals surface area contributed by atoms with Gasteiger partial charge in [-0.25, -0.2) is 0 Å². The maximum atomic E-state index is 10.9. The number of nitrogen functional groups attached to an aromatic ring is 1. The van der Waals surface area contributed by atoms with Gasteiger partial charge in [-0.1, -0.05) is 24.6 Å². The van der Waals surface area contributed by atoms with Crippen molar-refractivity contribution < 1.29 is 9.53 Å². The molecule has 3 heteroatoms. The van der Waals surface area contributed by atoms with Gasteiger partial charge in [0.15, 0.2) is 0 Å². The van der Waals surface area contributed by atoms with Gasteiger partial charge in [0.05, 0.1) is 7.11 Å². The Kier molecular flexibility index (Phi) is 5.40. The molecule has 2 N–H and O–H groups in total. The molecule has 0 amide bonds. The molecule has 88 valence electrons. The minimum absolute atomic E-state index is 0.126. The number of unbranched alkanes of at least 4 members (excludes halogenated alkanes) is 2. The van der Waals surface area contributed by atoms with E-state index in [0.717, 1.165) is 31.4 Å². The Labute approximate surface area is 96.6 Å². The third-order valence-electron chi connectivity index (χ3n) is 2.61. The van der Waals surface area contributed by atoms with Crippen LogP contribution in [0.4, 0.5) is 5.69 Å². The molecule has 3 nitrogen and oxygen atoms in total. The van der Waals surface area contributed by atoms with Gasteiger partial charge in [0.1, 0.15) is 0 Å². The summed E-state index contributed by atoms with van der Waals surface area (Å²) in [6.07, 6.45) is 4.47. The van der Waals surface area contributed by atoms with Crippen LogP contribution in [0.15, 0.2) is 24.3 Å². The van der Waals surface area contributed by atoms with Gasteiger partial charge < -0.3 is 10.5 Å². The number of nitrogens with two attached hydrogens (primary N) is 1. The van der Waals surface area contributed by atoms with E-state index in [1.54, 1.807) is 0 Å². The summed E-state index contributed by atoms with van der Waals surface area (Å²) in [6.45, 7) is 0. The molecule has 0 radical (unpaired) electrons. The number of ether oxygens (including phenoxy) is 1. The lowest BCUT2D eigenvalue weighted by molar-refractivity contribution is -0.140. The lowest BCUT2D eigenvalue weighted by Gasteiger charge is -2.04. The fourth-order valence-electron chi connectivity index (χ4n) is 1.63. The predicted molar refractivity (Wildman–Crippen MR) is 65.0 cm³/mol. The van der Waals surface area contributed by atoms with Crippen LogP contribution in [0.5, 0.6) is 0 Å². The van der Waals surface area contributed by atoms with Gasteiger partial charge in [0.2, 0.25) is 0 Å². The third-order valence-corrected chi connectivity index (χ3v) is 2.61. The van der Waals surface area contributed by atoms with E-state index in [0.29, 0.717) is 6.42 Å². The SMILES string of the molecule is COC(=O)CCCCCc1ccccc1N.